The van der Waals surface area contributed by atoms with Crippen LogP contribution in [0.25, 0.3) is 0 Å². The van der Waals surface area contributed by atoms with Crippen LogP contribution < -0.4 is 4.31 Å². The number of pyridine rings is 1. The molecule has 0 saturated heterocycles. The molecule has 0 aliphatic rings. The highest BCUT2D eigenvalue weighted by Crippen LogP contribution is 2.21. The molecule has 0 spiro atoms. The Balaban J connectivity index is 1.99. The van der Waals surface area contributed by atoms with Gasteiger partial charge in [-0.2, -0.15) is 0 Å². The monoisotopic (exact) mass is 397 g/mol. The molecule has 0 radical (unpaired) electrons. The largest absolute Gasteiger partial charge is 0.345 e. The number of anilines is 1. The number of halogens is 2. The molecule has 1 amide bonds. The number of nitrogens with zero attached hydrogens (tertiary/aromatic N) is 3. The Morgan fingerprint density at radius 2 is 1.74 bits per heavy atom. The average molecular weight is 397 g/mol. The number of carbonyl (C=O) groups excluding carboxylic acids is 1. The third-order valence-corrected chi connectivity index (χ3v) is 5.23. The Bertz CT molecular complexity index is 892. The van der Waals surface area contributed by atoms with E-state index in [9.17, 15) is 22.0 Å². The topological polar surface area (TPSA) is 70.6 Å². The van der Waals surface area contributed by atoms with Gasteiger partial charge >= 0.3 is 0 Å². The van der Waals surface area contributed by atoms with E-state index in [1.54, 1.807) is 19.4 Å². The van der Waals surface area contributed by atoms with Gasteiger partial charge in [0.05, 0.1) is 11.9 Å². The van der Waals surface area contributed by atoms with E-state index in [0.717, 1.165) is 34.3 Å². The van der Waals surface area contributed by atoms with Crippen molar-refractivity contribution < 1.29 is 22.0 Å². The Labute approximate surface area is 157 Å². The van der Waals surface area contributed by atoms with E-state index in [1.807, 2.05) is 12.1 Å². The fourth-order valence-electron chi connectivity index (χ4n) is 2.49. The lowest BCUT2D eigenvalue weighted by atomic mass is 10.2. The number of benzene rings is 1. The molecule has 0 aliphatic heterocycles. The summed E-state index contributed by atoms with van der Waals surface area (Å²) in [5.74, 6) is -2.47. The van der Waals surface area contributed by atoms with Gasteiger partial charge in [0.25, 0.3) is 0 Å². The Morgan fingerprint density at radius 3 is 2.33 bits per heavy atom. The van der Waals surface area contributed by atoms with E-state index >= 15 is 0 Å². The number of hydrogen-bond donors (Lipinski definition) is 0. The zero-order chi connectivity index (χ0) is 20.0. The second-order valence-corrected chi connectivity index (χ2v) is 8.01. The number of likely N-dealkylation sites (N-methyl/N-ethyl adjacent to an activating group) is 1. The fourth-order valence-corrected chi connectivity index (χ4v) is 3.41. The Morgan fingerprint density at radius 1 is 1.07 bits per heavy atom. The first-order valence-electron chi connectivity index (χ1n) is 8.24. The van der Waals surface area contributed by atoms with Gasteiger partial charge in [0, 0.05) is 45.0 Å². The van der Waals surface area contributed by atoms with Crippen LogP contribution in [-0.4, -0.2) is 50.6 Å². The molecule has 0 aliphatic carbocycles. The molecule has 1 heterocycles. The van der Waals surface area contributed by atoms with Crippen LogP contribution in [0.15, 0.2) is 42.7 Å². The number of amides is 1. The molecule has 0 atom stereocenters. The maximum Gasteiger partial charge on any atom is 0.232 e. The van der Waals surface area contributed by atoms with E-state index in [4.69, 9.17) is 0 Å². The summed E-state index contributed by atoms with van der Waals surface area (Å²) in [5.41, 5.74) is 1.01. The highest BCUT2D eigenvalue weighted by Gasteiger charge is 2.21. The van der Waals surface area contributed by atoms with Gasteiger partial charge in [-0.25, -0.2) is 17.2 Å². The lowest BCUT2D eigenvalue weighted by molar-refractivity contribution is -0.129. The van der Waals surface area contributed by atoms with Crippen molar-refractivity contribution in [3.05, 3.63) is 59.9 Å². The predicted molar refractivity (Wildman–Crippen MR) is 98.7 cm³/mol. The molecule has 0 bridgehead atoms. The second-order valence-electron chi connectivity index (χ2n) is 6.10. The standard InChI is InChI=1S/C18H21F2N3O3S/c1-22(11-7-14-5-9-21-10-6-14)18(24)8-12-23(27(2,25)26)15-3-4-16(19)17(20)13-15/h3-6,9-10,13H,7-8,11-12H2,1-2H3. The number of aromatic nitrogens is 1. The minimum atomic E-state index is -3.76. The van der Waals surface area contributed by atoms with Crippen LogP contribution in [0.4, 0.5) is 14.5 Å². The first-order chi connectivity index (χ1) is 12.7. The smallest absolute Gasteiger partial charge is 0.232 e. The number of sulfonamides is 1. The summed E-state index contributed by atoms with van der Waals surface area (Å²) in [6, 6.07) is 6.52. The van der Waals surface area contributed by atoms with Crippen molar-refractivity contribution in [3.8, 4) is 0 Å². The summed E-state index contributed by atoms with van der Waals surface area (Å²) in [7, 11) is -2.13. The molecule has 2 rings (SSSR count). The second kappa shape index (κ2) is 8.90. The van der Waals surface area contributed by atoms with Crippen LogP contribution in [0.2, 0.25) is 0 Å². The summed E-state index contributed by atoms with van der Waals surface area (Å²) in [5, 5.41) is 0. The maximum atomic E-state index is 13.4. The minimum Gasteiger partial charge on any atom is -0.345 e. The minimum absolute atomic E-state index is 0.0244. The molecule has 0 unspecified atom stereocenters. The summed E-state index contributed by atoms with van der Waals surface area (Å²) in [4.78, 5) is 17.7. The summed E-state index contributed by atoms with van der Waals surface area (Å²) in [6.07, 6.45) is 4.85. The summed E-state index contributed by atoms with van der Waals surface area (Å²) < 4.78 is 51.4. The lowest BCUT2D eigenvalue weighted by Crippen LogP contribution is -2.36. The van der Waals surface area contributed by atoms with Crippen LogP contribution in [0.3, 0.4) is 0 Å². The van der Waals surface area contributed by atoms with Gasteiger partial charge in [-0.1, -0.05) is 0 Å². The quantitative estimate of drug-likeness (QED) is 0.685. The highest BCUT2D eigenvalue weighted by molar-refractivity contribution is 7.92. The van der Waals surface area contributed by atoms with Gasteiger partial charge in [0.2, 0.25) is 15.9 Å². The first-order valence-corrected chi connectivity index (χ1v) is 10.1. The summed E-state index contributed by atoms with van der Waals surface area (Å²) in [6.45, 7) is 0.301. The van der Waals surface area contributed by atoms with Gasteiger partial charge in [-0.3, -0.25) is 14.1 Å². The lowest BCUT2D eigenvalue weighted by Gasteiger charge is -2.24. The van der Waals surface area contributed by atoms with Crippen LogP contribution in [-0.2, 0) is 21.2 Å². The molecule has 1 aromatic carbocycles. The Hall–Kier alpha value is -2.55. The van der Waals surface area contributed by atoms with Gasteiger partial charge in [-0.15, -0.1) is 0 Å². The van der Waals surface area contributed by atoms with Crippen molar-refractivity contribution in [2.75, 3.05) is 30.7 Å². The van der Waals surface area contributed by atoms with E-state index in [0.29, 0.717) is 13.0 Å². The Kier molecular flexibility index (Phi) is 6.84. The number of carbonyl (C=O) groups is 1. The van der Waals surface area contributed by atoms with Crippen LogP contribution in [0.1, 0.15) is 12.0 Å². The normalized spacial score (nSPS) is 11.3. The molecule has 6 nitrogen and oxygen atoms in total. The zero-order valence-corrected chi connectivity index (χ0v) is 15.9. The van der Waals surface area contributed by atoms with E-state index in [2.05, 4.69) is 4.98 Å². The van der Waals surface area contributed by atoms with Crippen molar-refractivity contribution in [1.29, 1.82) is 0 Å². The van der Waals surface area contributed by atoms with Crippen molar-refractivity contribution in [1.82, 2.24) is 9.88 Å². The molecule has 2 aromatic rings. The molecule has 1 aromatic heterocycles. The fraction of sp³-hybridized carbons (Fsp3) is 0.333. The first kappa shape index (κ1) is 20.8. The number of rotatable bonds is 8. The summed E-state index contributed by atoms with van der Waals surface area (Å²) >= 11 is 0. The van der Waals surface area contributed by atoms with Crippen molar-refractivity contribution in [3.63, 3.8) is 0 Å². The van der Waals surface area contributed by atoms with Crippen LogP contribution in [0.5, 0.6) is 0 Å². The molecule has 27 heavy (non-hydrogen) atoms. The molecule has 9 heteroatoms. The van der Waals surface area contributed by atoms with Gasteiger partial charge in [0.15, 0.2) is 11.6 Å². The molecule has 146 valence electrons. The van der Waals surface area contributed by atoms with Crippen molar-refractivity contribution >= 4 is 21.6 Å². The van der Waals surface area contributed by atoms with Crippen molar-refractivity contribution in [2.45, 2.75) is 12.8 Å². The van der Waals surface area contributed by atoms with E-state index in [-0.39, 0.29) is 24.6 Å². The van der Waals surface area contributed by atoms with Crippen molar-refractivity contribution in [2.24, 2.45) is 0 Å². The van der Waals surface area contributed by atoms with Gasteiger partial charge in [0.1, 0.15) is 0 Å². The van der Waals surface area contributed by atoms with Crippen LogP contribution in [0, 0.1) is 11.6 Å². The van der Waals surface area contributed by atoms with E-state index in [1.165, 1.54) is 4.90 Å². The molecular weight excluding hydrogens is 376 g/mol. The molecule has 0 N–H and O–H groups in total. The number of hydrogen-bond acceptors (Lipinski definition) is 4. The SMILES string of the molecule is CN(CCc1ccncc1)C(=O)CCN(c1ccc(F)c(F)c1)S(C)(=O)=O. The zero-order valence-electron chi connectivity index (χ0n) is 15.1. The highest BCUT2D eigenvalue weighted by atomic mass is 32.2. The third-order valence-electron chi connectivity index (χ3n) is 4.03. The molecule has 0 saturated carbocycles. The van der Waals surface area contributed by atoms with Gasteiger partial charge < -0.3 is 4.90 Å². The average Bonchev–Trinajstić information content (AvgIpc) is 2.62. The maximum absolute atomic E-state index is 13.4. The molecule has 0 fully saturated rings. The van der Waals surface area contributed by atoms with Gasteiger partial charge in [-0.05, 0) is 36.2 Å². The third kappa shape index (κ3) is 5.99. The van der Waals surface area contributed by atoms with Crippen LogP contribution >= 0.6 is 0 Å². The molecular formula is C18H21F2N3O3S. The van der Waals surface area contributed by atoms with E-state index < -0.39 is 21.7 Å². The predicted octanol–water partition coefficient (Wildman–Crippen LogP) is 2.22.